The Kier molecular flexibility index (Phi) is 4.46. The molecular weight excluding hydrogens is 226 g/mol. The molecule has 0 saturated carbocycles. The lowest BCUT2D eigenvalue weighted by molar-refractivity contribution is 0.663. The number of hydrogen-bond acceptors (Lipinski definition) is 2. The molecule has 17 heavy (non-hydrogen) atoms. The van der Waals surface area contributed by atoms with Crippen LogP contribution in [0.15, 0.2) is 42.5 Å². The van der Waals surface area contributed by atoms with E-state index in [1.165, 1.54) is 22.1 Å². The maximum atomic E-state index is 3.40. The maximum Gasteiger partial charge on any atom is 0.0409 e. The number of benzene rings is 2. The second-order valence-corrected chi connectivity index (χ2v) is 5.43. The zero-order valence-electron chi connectivity index (χ0n) is 10.4. The van der Waals surface area contributed by atoms with E-state index in [9.17, 15) is 0 Å². The van der Waals surface area contributed by atoms with Gasteiger partial charge in [-0.1, -0.05) is 43.3 Å². The van der Waals surface area contributed by atoms with Gasteiger partial charge in [0.25, 0.3) is 0 Å². The van der Waals surface area contributed by atoms with Crippen molar-refractivity contribution in [2.45, 2.75) is 13.0 Å². The van der Waals surface area contributed by atoms with Gasteiger partial charge in [-0.05, 0) is 35.2 Å². The lowest BCUT2D eigenvalue weighted by Crippen LogP contribution is -2.18. The Labute approximate surface area is 108 Å². The van der Waals surface area contributed by atoms with Crippen molar-refractivity contribution in [3.05, 3.63) is 48.0 Å². The van der Waals surface area contributed by atoms with Gasteiger partial charge in [-0.25, -0.2) is 0 Å². The van der Waals surface area contributed by atoms with Crippen LogP contribution in [0.1, 0.15) is 18.5 Å². The molecule has 0 aliphatic rings. The van der Waals surface area contributed by atoms with Crippen LogP contribution in [0.4, 0.5) is 0 Å². The highest BCUT2D eigenvalue weighted by molar-refractivity contribution is 7.99. The van der Waals surface area contributed by atoms with E-state index in [1.54, 1.807) is 0 Å². The summed E-state index contributed by atoms with van der Waals surface area (Å²) in [5.41, 5.74) is 1.38. The Morgan fingerprint density at radius 3 is 2.59 bits per heavy atom. The molecule has 0 aliphatic heterocycles. The van der Waals surface area contributed by atoms with Gasteiger partial charge < -0.3 is 5.32 Å². The summed E-state index contributed by atoms with van der Waals surface area (Å²) in [5, 5.41) is 6.04. The van der Waals surface area contributed by atoms with Gasteiger partial charge in [0.2, 0.25) is 0 Å². The first-order chi connectivity index (χ1) is 8.35. The van der Waals surface area contributed by atoms with Crippen LogP contribution >= 0.6 is 11.8 Å². The van der Waals surface area contributed by atoms with Gasteiger partial charge in [0.05, 0.1) is 0 Å². The van der Waals surface area contributed by atoms with Crippen LogP contribution in [0.5, 0.6) is 0 Å². The highest BCUT2D eigenvalue weighted by Gasteiger charge is 2.08. The van der Waals surface area contributed by atoms with Crippen molar-refractivity contribution in [1.29, 1.82) is 0 Å². The molecule has 0 aliphatic carbocycles. The average molecular weight is 245 g/mol. The van der Waals surface area contributed by atoms with Crippen LogP contribution in [0.3, 0.4) is 0 Å². The number of thioether (sulfide) groups is 1. The first-order valence-electron chi connectivity index (χ1n) is 6.09. The van der Waals surface area contributed by atoms with Gasteiger partial charge in [0.1, 0.15) is 0 Å². The van der Waals surface area contributed by atoms with Crippen LogP contribution in [0.25, 0.3) is 10.8 Å². The van der Waals surface area contributed by atoms with Gasteiger partial charge in [0, 0.05) is 11.8 Å². The fraction of sp³-hybridized carbons (Fsp3) is 0.333. The van der Waals surface area contributed by atoms with Gasteiger partial charge in [-0.2, -0.15) is 11.8 Å². The van der Waals surface area contributed by atoms with Crippen molar-refractivity contribution < 1.29 is 0 Å². The van der Waals surface area contributed by atoms with E-state index < -0.39 is 0 Å². The molecule has 0 saturated heterocycles. The normalized spacial score (nSPS) is 12.8. The Balaban J connectivity index is 2.27. The molecular formula is C15H19NS. The van der Waals surface area contributed by atoms with E-state index in [1.807, 2.05) is 18.8 Å². The summed E-state index contributed by atoms with van der Waals surface area (Å²) in [6.07, 6.45) is 0. The summed E-state index contributed by atoms with van der Waals surface area (Å²) >= 11 is 1.98. The lowest BCUT2D eigenvalue weighted by atomic mass is 10.0. The predicted octanol–water partition coefficient (Wildman–Crippen LogP) is 3.85. The highest BCUT2D eigenvalue weighted by atomic mass is 32.2. The SMILES string of the molecule is CCSCC(NC)c1ccc2ccccc2c1. The standard InChI is InChI=1S/C15H19NS/c1-3-17-11-15(16-2)14-9-8-12-6-4-5-7-13(12)10-14/h4-10,15-16H,3,11H2,1-2H3. The summed E-state index contributed by atoms with van der Waals surface area (Å²) in [5.74, 6) is 2.30. The molecule has 2 aromatic carbocycles. The molecule has 0 aromatic heterocycles. The van der Waals surface area contributed by atoms with E-state index in [2.05, 4.69) is 54.7 Å². The molecule has 0 bridgehead atoms. The Morgan fingerprint density at radius 1 is 1.12 bits per heavy atom. The molecule has 0 fully saturated rings. The van der Waals surface area contributed by atoms with Gasteiger partial charge in [-0.15, -0.1) is 0 Å². The average Bonchev–Trinajstić information content (AvgIpc) is 2.39. The molecule has 0 spiro atoms. The van der Waals surface area contributed by atoms with Crippen molar-refractivity contribution in [1.82, 2.24) is 5.32 Å². The smallest absolute Gasteiger partial charge is 0.0409 e. The molecule has 2 rings (SSSR count). The quantitative estimate of drug-likeness (QED) is 0.858. The van der Waals surface area contributed by atoms with E-state index in [4.69, 9.17) is 0 Å². The van der Waals surface area contributed by atoms with Crippen molar-refractivity contribution in [2.24, 2.45) is 0 Å². The van der Waals surface area contributed by atoms with Crippen LogP contribution in [0.2, 0.25) is 0 Å². The zero-order valence-corrected chi connectivity index (χ0v) is 11.3. The largest absolute Gasteiger partial charge is 0.312 e. The maximum absolute atomic E-state index is 3.40. The highest BCUT2D eigenvalue weighted by Crippen LogP contribution is 2.22. The van der Waals surface area contributed by atoms with Crippen molar-refractivity contribution in [3.63, 3.8) is 0 Å². The second-order valence-electron chi connectivity index (χ2n) is 4.11. The van der Waals surface area contributed by atoms with Crippen molar-refractivity contribution >= 4 is 22.5 Å². The van der Waals surface area contributed by atoms with E-state index >= 15 is 0 Å². The fourth-order valence-corrected chi connectivity index (χ4v) is 2.84. The third kappa shape index (κ3) is 3.02. The first-order valence-corrected chi connectivity index (χ1v) is 7.24. The topological polar surface area (TPSA) is 12.0 Å². The first kappa shape index (κ1) is 12.5. The molecule has 1 nitrogen and oxygen atoms in total. The van der Waals surface area contributed by atoms with E-state index in [0.29, 0.717) is 6.04 Å². The number of fused-ring (bicyclic) bond motifs is 1. The van der Waals surface area contributed by atoms with Crippen LogP contribution in [-0.4, -0.2) is 18.6 Å². The van der Waals surface area contributed by atoms with Gasteiger partial charge in [0.15, 0.2) is 0 Å². The molecule has 0 amide bonds. The monoisotopic (exact) mass is 245 g/mol. The fourth-order valence-electron chi connectivity index (χ4n) is 2.01. The van der Waals surface area contributed by atoms with Crippen LogP contribution in [0, 0.1) is 0 Å². The number of hydrogen-bond donors (Lipinski definition) is 1. The third-order valence-corrected chi connectivity index (χ3v) is 3.99. The molecule has 1 atom stereocenters. The van der Waals surface area contributed by atoms with Crippen LogP contribution in [-0.2, 0) is 0 Å². The summed E-state index contributed by atoms with van der Waals surface area (Å²) in [7, 11) is 2.04. The summed E-state index contributed by atoms with van der Waals surface area (Å²) in [6, 6.07) is 15.7. The summed E-state index contributed by atoms with van der Waals surface area (Å²) in [4.78, 5) is 0. The zero-order chi connectivity index (χ0) is 12.1. The Bertz CT molecular complexity index is 481. The molecule has 1 unspecified atom stereocenters. The minimum atomic E-state index is 0.449. The van der Waals surface area contributed by atoms with Gasteiger partial charge >= 0.3 is 0 Å². The number of nitrogens with one attached hydrogen (secondary N) is 1. The van der Waals surface area contributed by atoms with Crippen LogP contribution < -0.4 is 5.32 Å². The van der Waals surface area contributed by atoms with Gasteiger partial charge in [-0.3, -0.25) is 0 Å². The minimum Gasteiger partial charge on any atom is -0.312 e. The molecule has 2 heteroatoms. The molecule has 0 heterocycles. The molecule has 1 N–H and O–H groups in total. The molecule has 90 valence electrons. The van der Waals surface area contributed by atoms with E-state index in [-0.39, 0.29) is 0 Å². The Morgan fingerprint density at radius 2 is 1.88 bits per heavy atom. The minimum absolute atomic E-state index is 0.449. The van der Waals surface area contributed by atoms with Crippen molar-refractivity contribution in [2.75, 3.05) is 18.6 Å². The Hall–Kier alpha value is -0.990. The summed E-state index contributed by atoms with van der Waals surface area (Å²) < 4.78 is 0. The van der Waals surface area contributed by atoms with Crippen molar-refractivity contribution in [3.8, 4) is 0 Å². The molecule has 0 radical (unpaired) electrons. The summed E-state index contributed by atoms with van der Waals surface area (Å²) in [6.45, 7) is 2.21. The third-order valence-electron chi connectivity index (χ3n) is 3.01. The lowest BCUT2D eigenvalue weighted by Gasteiger charge is -2.16. The predicted molar refractivity (Wildman–Crippen MR) is 78.7 cm³/mol. The second kappa shape index (κ2) is 6.08. The molecule has 2 aromatic rings. The number of rotatable bonds is 5. The van der Waals surface area contributed by atoms with E-state index in [0.717, 1.165) is 5.75 Å².